The molecule has 4 rings (SSSR count). The lowest BCUT2D eigenvalue weighted by molar-refractivity contribution is 0.0498. The summed E-state index contributed by atoms with van der Waals surface area (Å²) in [5, 5.41) is 16.4. The highest BCUT2D eigenvalue weighted by molar-refractivity contribution is 5.95. The second-order valence-electron chi connectivity index (χ2n) is 6.41. The molecule has 1 fully saturated rings. The molecule has 1 saturated heterocycles. The third-order valence-corrected chi connectivity index (χ3v) is 4.61. The summed E-state index contributed by atoms with van der Waals surface area (Å²) in [5.41, 5.74) is 3.87. The van der Waals surface area contributed by atoms with Gasteiger partial charge in [-0.2, -0.15) is 15.0 Å². The molecule has 0 N–H and O–H groups in total. The highest BCUT2D eigenvalue weighted by Crippen LogP contribution is 2.23. The van der Waals surface area contributed by atoms with Gasteiger partial charge in [0.05, 0.1) is 24.6 Å². The van der Waals surface area contributed by atoms with Gasteiger partial charge in [-0.25, -0.2) is 4.68 Å². The molecule has 128 valence electrons. The van der Waals surface area contributed by atoms with Crippen LogP contribution in [0.3, 0.4) is 0 Å². The van der Waals surface area contributed by atoms with Crippen LogP contribution < -0.4 is 0 Å². The Kier molecular flexibility index (Phi) is 3.79. The maximum atomic E-state index is 12.5. The van der Waals surface area contributed by atoms with E-state index in [4.69, 9.17) is 0 Å². The van der Waals surface area contributed by atoms with Gasteiger partial charge in [-0.15, -0.1) is 5.10 Å². The molecule has 0 unspecified atom stereocenters. The van der Waals surface area contributed by atoms with E-state index in [-0.39, 0.29) is 11.9 Å². The van der Waals surface area contributed by atoms with Crippen molar-refractivity contribution in [3.8, 4) is 0 Å². The summed E-state index contributed by atoms with van der Waals surface area (Å²) in [7, 11) is 0. The number of likely N-dealkylation sites (tertiary alicyclic amines) is 1. The van der Waals surface area contributed by atoms with Crippen molar-refractivity contribution < 1.29 is 4.79 Å². The Hall–Kier alpha value is -3.03. The van der Waals surface area contributed by atoms with Gasteiger partial charge in [0.2, 0.25) is 0 Å². The molecule has 1 aliphatic heterocycles. The molecule has 25 heavy (non-hydrogen) atoms. The standard InChI is InChI=1S/C17H19N7O/c1-12-3-4-14(7-13(12)2)17(25)22-10-16(11-22)23-8-15(20-21-23)9-24-18-5-6-19-24/h3-8,16H,9-11H2,1-2H3. The summed E-state index contributed by atoms with van der Waals surface area (Å²) < 4.78 is 1.82. The Morgan fingerprint density at radius 1 is 1.16 bits per heavy atom. The number of hydrogen-bond donors (Lipinski definition) is 0. The van der Waals surface area contributed by atoms with Crippen LogP contribution in [0.25, 0.3) is 0 Å². The van der Waals surface area contributed by atoms with Crippen molar-refractivity contribution in [2.75, 3.05) is 13.1 Å². The fourth-order valence-electron chi connectivity index (χ4n) is 2.88. The van der Waals surface area contributed by atoms with Crippen molar-refractivity contribution in [2.24, 2.45) is 0 Å². The minimum Gasteiger partial charge on any atom is -0.334 e. The Bertz CT molecular complexity index is 894. The lowest BCUT2D eigenvalue weighted by Gasteiger charge is -2.39. The first kappa shape index (κ1) is 15.5. The van der Waals surface area contributed by atoms with Gasteiger partial charge in [0.1, 0.15) is 12.2 Å². The second-order valence-corrected chi connectivity index (χ2v) is 6.41. The molecule has 0 radical (unpaired) electrons. The normalized spacial score (nSPS) is 14.6. The Morgan fingerprint density at radius 3 is 2.64 bits per heavy atom. The zero-order valence-corrected chi connectivity index (χ0v) is 14.2. The summed E-state index contributed by atoms with van der Waals surface area (Å²) in [5.74, 6) is 0.0698. The van der Waals surface area contributed by atoms with Gasteiger partial charge < -0.3 is 4.90 Å². The van der Waals surface area contributed by atoms with Gasteiger partial charge >= 0.3 is 0 Å². The number of benzene rings is 1. The second kappa shape index (κ2) is 6.12. The highest BCUT2D eigenvalue weighted by atomic mass is 16.2. The number of hydrogen-bond acceptors (Lipinski definition) is 5. The van der Waals surface area contributed by atoms with E-state index < -0.39 is 0 Å². The third kappa shape index (κ3) is 3.02. The summed E-state index contributed by atoms with van der Waals surface area (Å²) in [4.78, 5) is 15.9. The maximum Gasteiger partial charge on any atom is 0.254 e. The van der Waals surface area contributed by atoms with E-state index >= 15 is 0 Å². The van der Waals surface area contributed by atoms with Crippen LogP contribution in [0.4, 0.5) is 0 Å². The molecule has 1 amide bonds. The van der Waals surface area contributed by atoms with E-state index in [1.165, 1.54) is 5.56 Å². The average Bonchev–Trinajstić information content (AvgIpc) is 3.21. The van der Waals surface area contributed by atoms with Crippen LogP contribution in [0.2, 0.25) is 0 Å². The van der Waals surface area contributed by atoms with Crippen LogP contribution in [0.15, 0.2) is 36.8 Å². The lowest BCUT2D eigenvalue weighted by atomic mass is 10.0. The van der Waals surface area contributed by atoms with Crippen LogP contribution in [0, 0.1) is 13.8 Å². The minimum absolute atomic E-state index is 0.0698. The summed E-state index contributed by atoms with van der Waals surface area (Å²) in [6.07, 6.45) is 5.16. The van der Waals surface area contributed by atoms with E-state index in [1.54, 1.807) is 17.2 Å². The topological polar surface area (TPSA) is 81.7 Å². The molecule has 8 heteroatoms. The zero-order chi connectivity index (χ0) is 17.4. The average molecular weight is 337 g/mol. The number of carbonyl (C=O) groups is 1. The van der Waals surface area contributed by atoms with Crippen molar-refractivity contribution in [3.63, 3.8) is 0 Å². The van der Waals surface area contributed by atoms with Gasteiger partial charge in [-0.3, -0.25) is 4.79 Å². The van der Waals surface area contributed by atoms with E-state index in [1.807, 2.05) is 47.8 Å². The summed E-state index contributed by atoms with van der Waals surface area (Å²) >= 11 is 0. The van der Waals surface area contributed by atoms with E-state index in [9.17, 15) is 4.79 Å². The zero-order valence-electron chi connectivity index (χ0n) is 14.2. The fourth-order valence-corrected chi connectivity index (χ4v) is 2.88. The molecular formula is C17H19N7O. The molecule has 0 atom stereocenters. The smallest absolute Gasteiger partial charge is 0.254 e. The SMILES string of the molecule is Cc1ccc(C(=O)N2CC(n3cc(Cn4nccn4)nn3)C2)cc1C. The van der Waals surface area contributed by atoms with Crippen LogP contribution >= 0.6 is 0 Å². The monoisotopic (exact) mass is 337 g/mol. The lowest BCUT2D eigenvalue weighted by Crippen LogP contribution is -2.50. The van der Waals surface area contributed by atoms with Gasteiger partial charge in [0.25, 0.3) is 5.91 Å². The molecule has 0 aliphatic carbocycles. The third-order valence-electron chi connectivity index (χ3n) is 4.61. The van der Waals surface area contributed by atoms with E-state index in [2.05, 4.69) is 20.5 Å². The molecular weight excluding hydrogens is 318 g/mol. The Balaban J connectivity index is 1.37. The maximum absolute atomic E-state index is 12.5. The van der Waals surface area contributed by atoms with Crippen LogP contribution in [0.5, 0.6) is 0 Å². The first-order valence-electron chi connectivity index (χ1n) is 8.21. The molecule has 0 bridgehead atoms. The molecule has 0 saturated carbocycles. The molecule has 8 nitrogen and oxygen atoms in total. The summed E-state index contributed by atoms with van der Waals surface area (Å²) in [6.45, 7) is 5.86. The first-order valence-corrected chi connectivity index (χ1v) is 8.21. The van der Waals surface area contributed by atoms with Crippen molar-refractivity contribution in [2.45, 2.75) is 26.4 Å². The number of aryl methyl sites for hydroxylation is 2. The molecule has 3 heterocycles. The minimum atomic E-state index is 0.0698. The van der Waals surface area contributed by atoms with E-state index in [0.717, 1.165) is 16.8 Å². The van der Waals surface area contributed by atoms with Crippen molar-refractivity contribution in [1.29, 1.82) is 0 Å². The van der Waals surface area contributed by atoms with Crippen LogP contribution in [-0.4, -0.2) is 53.9 Å². The predicted molar refractivity (Wildman–Crippen MR) is 90.0 cm³/mol. The molecule has 1 aromatic carbocycles. The highest BCUT2D eigenvalue weighted by Gasteiger charge is 2.33. The van der Waals surface area contributed by atoms with Crippen molar-refractivity contribution in [1.82, 2.24) is 34.9 Å². The molecule has 3 aromatic rings. The van der Waals surface area contributed by atoms with Gasteiger partial charge in [-0.05, 0) is 37.1 Å². The van der Waals surface area contributed by atoms with Crippen LogP contribution in [-0.2, 0) is 6.54 Å². The van der Waals surface area contributed by atoms with Crippen molar-refractivity contribution in [3.05, 3.63) is 59.2 Å². The largest absolute Gasteiger partial charge is 0.334 e. The summed E-state index contributed by atoms with van der Waals surface area (Å²) in [6, 6.07) is 6.01. The predicted octanol–water partition coefficient (Wildman–Crippen LogP) is 1.23. The molecule has 0 spiro atoms. The van der Waals surface area contributed by atoms with Gasteiger partial charge in [-0.1, -0.05) is 11.3 Å². The quantitative estimate of drug-likeness (QED) is 0.715. The number of carbonyl (C=O) groups excluding carboxylic acids is 1. The first-order chi connectivity index (χ1) is 12.1. The van der Waals surface area contributed by atoms with Gasteiger partial charge in [0, 0.05) is 18.7 Å². The fraction of sp³-hybridized carbons (Fsp3) is 0.353. The Labute approximate surface area is 145 Å². The number of rotatable bonds is 4. The van der Waals surface area contributed by atoms with Crippen molar-refractivity contribution >= 4 is 5.91 Å². The van der Waals surface area contributed by atoms with Crippen LogP contribution in [0.1, 0.15) is 33.2 Å². The number of nitrogens with zero attached hydrogens (tertiary/aromatic N) is 7. The van der Waals surface area contributed by atoms with Gasteiger partial charge in [0.15, 0.2) is 0 Å². The molecule has 1 aliphatic rings. The number of amides is 1. The number of aromatic nitrogens is 6. The van der Waals surface area contributed by atoms with E-state index in [0.29, 0.717) is 19.6 Å². The Morgan fingerprint density at radius 2 is 1.92 bits per heavy atom. The molecule has 2 aromatic heterocycles.